The summed E-state index contributed by atoms with van der Waals surface area (Å²) in [6, 6.07) is 0.250. The van der Waals surface area contributed by atoms with Crippen molar-refractivity contribution in [3.8, 4) is 0 Å². The third-order valence-corrected chi connectivity index (χ3v) is 3.85. The van der Waals surface area contributed by atoms with E-state index in [9.17, 15) is 4.79 Å². The molecule has 0 aromatic rings. The van der Waals surface area contributed by atoms with E-state index in [0.717, 1.165) is 6.54 Å². The van der Waals surface area contributed by atoms with Crippen LogP contribution in [0.4, 0.5) is 0 Å². The summed E-state index contributed by atoms with van der Waals surface area (Å²) in [5, 5.41) is 3.18. The summed E-state index contributed by atoms with van der Waals surface area (Å²) < 4.78 is 0. The van der Waals surface area contributed by atoms with Crippen LogP contribution >= 0.6 is 11.8 Å². The van der Waals surface area contributed by atoms with Gasteiger partial charge in [-0.3, -0.25) is 4.79 Å². The Kier molecular flexibility index (Phi) is 5.80. The number of hydrogen-bond acceptors (Lipinski definition) is 3. The van der Waals surface area contributed by atoms with Gasteiger partial charge in [0.15, 0.2) is 0 Å². The van der Waals surface area contributed by atoms with Crippen LogP contribution in [0.25, 0.3) is 0 Å². The molecule has 3 nitrogen and oxygen atoms in total. The Morgan fingerprint density at radius 3 is 2.41 bits per heavy atom. The maximum Gasteiger partial charge on any atom is 0.230 e. The van der Waals surface area contributed by atoms with Gasteiger partial charge in [0.1, 0.15) is 0 Å². The molecule has 1 heterocycles. The first kappa shape index (κ1) is 14.8. The van der Waals surface area contributed by atoms with Crippen molar-refractivity contribution in [3.63, 3.8) is 0 Å². The topological polar surface area (TPSA) is 32.3 Å². The Morgan fingerprint density at radius 2 is 1.94 bits per heavy atom. The molecule has 1 N–H and O–H groups in total. The summed E-state index contributed by atoms with van der Waals surface area (Å²) in [7, 11) is 0. The van der Waals surface area contributed by atoms with Crippen LogP contribution in [0, 0.1) is 5.41 Å². The molecule has 4 heteroatoms. The zero-order chi connectivity index (χ0) is 12.9. The van der Waals surface area contributed by atoms with Gasteiger partial charge in [0, 0.05) is 12.6 Å². The maximum atomic E-state index is 11.7. The average molecular weight is 258 g/mol. The smallest absolute Gasteiger partial charge is 0.230 e. The van der Waals surface area contributed by atoms with Crippen LogP contribution in [-0.4, -0.2) is 48.5 Å². The molecule has 0 spiro atoms. The number of likely N-dealkylation sites (tertiary alicyclic amines) is 1. The quantitative estimate of drug-likeness (QED) is 0.818. The van der Waals surface area contributed by atoms with Gasteiger partial charge in [-0.1, -0.05) is 20.8 Å². The van der Waals surface area contributed by atoms with Gasteiger partial charge in [0.2, 0.25) is 5.91 Å². The summed E-state index contributed by atoms with van der Waals surface area (Å²) in [6.45, 7) is 9.97. The monoisotopic (exact) mass is 258 g/mol. The van der Waals surface area contributed by atoms with Crippen LogP contribution in [0.2, 0.25) is 0 Å². The molecule has 1 aliphatic heterocycles. The zero-order valence-corrected chi connectivity index (χ0v) is 12.4. The van der Waals surface area contributed by atoms with Crippen molar-refractivity contribution in [3.05, 3.63) is 0 Å². The van der Waals surface area contributed by atoms with Crippen molar-refractivity contribution in [2.75, 3.05) is 31.6 Å². The SMILES string of the molecule is CSCC(=O)N[C@@H](CN1CCCC1)C(C)(C)C. The lowest BCUT2D eigenvalue weighted by atomic mass is 9.86. The fourth-order valence-electron chi connectivity index (χ4n) is 2.13. The molecular weight excluding hydrogens is 232 g/mol. The van der Waals surface area contributed by atoms with Gasteiger partial charge in [0.25, 0.3) is 0 Å². The van der Waals surface area contributed by atoms with Crippen LogP contribution in [-0.2, 0) is 4.79 Å². The summed E-state index contributed by atoms with van der Waals surface area (Å²) in [5.41, 5.74) is 0.122. The number of carbonyl (C=O) groups excluding carboxylic acids is 1. The second-order valence-electron chi connectivity index (χ2n) is 5.93. The van der Waals surface area contributed by atoms with Gasteiger partial charge in [-0.15, -0.1) is 0 Å². The predicted molar refractivity (Wildman–Crippen MR) is 75.4 cm³/mol. The molecule has 1 fully saturated rings. The number of rotatable bonds is 5. The maximum absolute atomic E-state index is 11.7. The average Bonchev–Trinajstić information content (AvgIpc) is 2.68. The summed E-state index contributed by atoms with van der Waals surface area (Å²) in [6.07, 6.45) is 4.57. The Morgan fingerprint density at radius 1 is 1.35 bits per heavy atom. The highest BCUT2D eigenvalue weighted by atomic mass is 32.2. The van der Waals surface area contributed by atoms with E-state index in [-0.39, 0.29) is 17.4 Å². The molecular formula is C13H26N2OS. The summed E-state index contributed by atoms with van der Waals surface area (Å²) in [5.74, 6) is 0.726. The number of carbonyl (C=O) groups is 1. The van der Waals surface area contributed by atoms with Gasteiger partial charge in [-0.25, -0.2) is 0 Å². The third-order valence-electron chi connectivity index (χ3n) is 3.30. The number of thioether (sulfide) groups is 1. The van der Waals surface area contributed by atoms with Gasteiger partial charge in [-0.2, -0.15) is 11.8 Å². The summed E-state index contributed by atoms with van der Waals surface area (Å²) >= 11 is 1.58. The van der Waals surface area contributed by atoms with E-state index < -0.39 is 0 Å². The second kappa shape index (κ2) is 6.64. The second-order valence-corrected chi connectivity index (χ2v) is 6.79. The molecule has 100 valence electrons. The van der Waals surface area contributed by atoms with Crippen LogP contribution in [0.3, 0.4) is 0 Å². The van der Waals surface area contributed by atoms with E-state index in [1.54, 1.807) is 11.8 Å². The minimum atomic E-state index is 0.122. The molecule has 1 aliphatic rings. The van der Waals surface area contributed by atoms with Crippen LogP contribution in [0.1, 0.15) is 33.6 Å². The molecule has 0 aromatic carbocycles. The molecule has 1 rings (SSSR count). The van der Waals surface area contributed by atoms with E-state index in [0.29, 0.717) is 5.75 Å². The Hall–Kier alpha value is -0.220. The highest BCUT2D eigenvalue weighted by Gasteiger charge is 2.28. The van der Waals surface area contributed by atoms with Crippen molar-refractivity contribution in [2.24, 2.45) is 5.41 Å². The highest BCUT2D eigenvalue weighted by Crippen LogP contribution is 2.21. The van der Waals surface area contributed by atoms with Gasteiger partial charge >= 0.3 is 0 Å². The molecule has 0 saturated carbocycles. The first-order valence-electron chi connectivity index (χ1n) is 6.44. The molecule has 0 aromatic heterocycles. The van der Waals surface area contributed by atoms with Crippen LogP contribution in [0.15, 0.2) is 0 Å². The van der Waals surface area contributed by atoms with Crippen molar-refractivity contribution >= 4 is 17.7 Å². The minimum Gasteiger partial charge on any atom is -0.351 e. The fourth-order valence-corrected chi connectivity index (χ4v) is 2.47. The largest absolute Gasteiger partial charge is 0.351 e. The first-order valence-corrected chi connectivity index (χ1v) is 7.83. The Bertz CT molecular complexity index is 244. The molecule has 1 amide bonds. The normalized spacial score (nSPS) is 19.3. The van der Waals surface area contributed by atoms with Crippen molar-refractivity contribution in [1.82, 2.24) is 10.2 Å². The summed E-state index contributed by atoms with van der Waals surface area (Å²) in [4.78, 5) is 14.2. The lowest BCUT2D eigenvalue weighted by molar-refractivity contribution is -0.120. The standard InChI is InChI=1S/C13H26N2OS/c1-13(2,3)11(14-12(16)10-17-4)9-15-7-5-6-8-15/h11H,5-10H2,1-4H3,(H,14,16)/t11-/m0/s1. The predicted octanol–water partition coefficient (Wildman–Crippen LogP) is 1.98. The highest BCUT2D eigenvalue weighted by molar-refractivity contribution is 7.99. The number of nitrogens with one attached hydrogen (secondary N) is 1. The number of amides is 1. The molecule has 1 atom stereocenters. The van der Waals surface area contributed by atoms with Gasteiger partial charge < -0.3 is 10.2 Å². The first-order chi connectivity index (χ1) is 7.93. The molecule has 17 heavy (non-hydrogen) atoms. The lowest BCUT2D eigenvalue weighted by Crippen LogP contribution is -2.50. The van der Waals surface area contributed by atoms with E-state index in [2.05, 4.69) is 31.0 Å². The van der Waals surface area contributed by atoms with Gasteiger partial charge in [-0.05, 0) is 37.6 Å². The Balaban J connectivity index is 2.51. The minimum absolute atomic E-state index is 0.122. The van der Waals surface area contributed by atoms with Crippen LogP contribution in [0.5, 0.6) is 0 Å². The molecule has 0 unspecified atom stereocenters. The number of hydrogen-bond donors (Lipinski definition) is 1. The molecule has 0 aliphatic carbocycles. The van der Waals surface area contributed by atoms with Gasteiger partial charge in [0.05, 0.1) is 5.75 Å². The molecule has 0 radical (unpaired) electrons. The Labute approximate surface area is 110 Å². The van der Waals surface area contributed by atoms with E-state index in [1.807, 2.05) is 6.26 Å². The van der Waals surface area contributed by atoms with Crippen molar-refractivity contribution in [1.29, 1.82) is 0 Å². The molecule has 1 saturated heterocycles. The van der Waals surface area contributed by atoms with Crippen molar-refractivity contribution < 1.29 is 4.79 Å². The fraction of sp³-hybridized carbons (Fsp3) is 0.923. The third kappa shape index (κ3) is 5.30. The van der Waals surface area contributed by atoms with Crippen molar-refractivity contribution in [2.45, 2.75) is 39.7 Å². The van der Waals surface area contributed by atoms with E-state index in [1.165, 1.54) is 25.9 Å². The lowest BCUT2D eigenvalue weighted by Gasteiger charge is -2.34. The molecule has 0 bridgehead atoms. The zero-order valence-electron chi connectivity index (χ0n) is 11.6. The number of nitrogens with zero attached hydrogens (tertiary/aromatic N) is 1. The van der Waals surface area contributed by atoms with E-state index in [4.69, 9.17) is 0 Å². The van der Waals surface area contributed by atoms with Crippen LogP contribution < -0.4 is 5.32 Å². The van der Waals surface area contributed by atoms with E-state index >= 15 is 0 Å².